The molecule has 0 aliphatic heterocycles. The summed E-state index contributed by atoms with van der Waals surface area (Å²) in [7, 11) is 0. The molecule has 0 saturated heterocycles. The Balaban J connectivity index is 2.04. The van der Waals surface area contributed by atoms with Crippen molar-refractivity contribution in [1.82, 2.24) is 0 Å². The average Bonchev–Trinajstić information content (AvgIpc) is 2.66. The largest absolute Gasteiger partial charge is 0.493 e. The minimum absolute atomic E-state index is 0.258. The molecule has 2 N–H and O–H groups in total. The number of carboxylic acid groups (broad SMARTS) is 2. The predicted molar refractivity (Wildman–Crippen MR) is 108 cm³/mol. The Hall–Kier alpha value is -2.24. The van der Waals surface area contributed by atoms with Crippen molar-refractivity contribution in [2.45, 2.75) is 77.0 Å². The maximum Gasteiger partial charge on any atom is 0.303 e. The van der Waals surface area contributed by atoms with Crippen molar-refractivity contribution in [3.05, 3.63) is 24.3 Å². The fourth-order valence-electron chi connectivity index (χ4n) is 2.85. The van der Waals surface area contributed by atoms with E-state index in [1.165, 1.54) is 0 Å². The molecule has 158 valence electrons. The van der Waals surface area contributed by atoms with Gasteiger partial charge in [0.2, 0.25) is 0 Å². The predicted octanol–water partition coefficient (Wildman–Crippen LogP) is 5.29. The molecular formula is C22H34O6. The van der Waals surface area contributed by atoms with Gasteiger partial charge in [-0.1, -0.05) is 44.6 Å². The van der Waals surface area contributed by atoms with Crippen LogP contribution in [0.25, 0.3) is 0 Å². The van der Waals surface area contributed by atoms with Gasteiger partial charge in [0.1, 0.15) is 11.5 Å². The number of carbonyl (C=O) groups is 2. The second-order valence-corrected chi connectivity index (χ2v) is 6.99. The Bertz CT molecular complexity index is 512. The molecule has 0 atom stereocenters. The monoisotopic (exact) mass is 394 g/mol. The van der Waals surface area contributed by atoms with E-state index in [2.05, 4.69) is 0 Å². The molecule has 0 amide bonds. The maximum atomic E-state index is 10.4. The number of aliphatic carboxylic acids is 2. The van der Waals surface area contributed by atoms with Crippen LogP contribution in [0.1, 0.15) is 77.0 Å². The Kier molecular flexibility index (Phi) is 13.4. The topological polar surface area (TPSA) is 93.1 Å². The fourth-order valence-corrected chi connectivity index (χ4v) is 2.85. The zero-order valence-electron chi connectivity index (χ0n) is 16.7. The second-order valence-electron chi connectivity index (χ2n) is 6.99. The smallest absolute Gasteiger partial charge is 0.303 e. The number of ether oxygens (including phenoxy) is 2. The number of hydrogen-bond acceptors (Lipinski definition) is 4. The van der Waals surface area contributed by atoms with Gasteiger partial charge in [0, 0.05) is 18.9 Å². The van der Waals surface area contributed by atoms with E-state index in [1.807, 2.05) is 24.3 Å². The summed E-state index contributed by atoms with van der Waals surface area (Å²) in [5.74, 6) is 0.163. The Morgan fingerprint density at radius 1 is 0.643 bits per heavy atom. The van der Waals surface area contributed by atoms with Crippen LogP contribution in [-0.2, 0) is 9.59 Å². The third-order valence-corrected chi connectivity index (χ3v) is 4.41. The summed E-state index contributed by atoms with van der Waals surface area (Å²) in [5.41, 5.74) is 0. The van der Waals surface area contributed by atoms with E-state index in [-0.39, 0.29) is 12.8 Å². The van der Waals surface area contributed by atoms with Crippen LogP contribution in [0.2, 0.25) is 0 Å². The van der Waals surface area contributed by atoms with Crippen molar-refractivity contribution in [1.29, 1.82) is 0 Å². The van der Waals surface area contributed by atoms with Crippen molar-refractivity contribution in [2.24, 2.45) is 0 Å². The minimum atomic E-state index is -0.721. The number of benzene rings is 1. The van der Waals surface area contributed by atoms with E-state index in [0.29, 0.717) is 13.2 Å². The lowest BCUT2D eigenvalue weighted by Gasteiger charge is -2.09. The van der Waals surface area contributed by atoms with Crippen LogP contribution in [-0.4, -0.2) is 35.4 Å². The molecular weight excluding hydrogens is 360 g/mol. The highest BCUT2D eigenvalue weighted by molar-refractivity contribution is 5.66. The van der Waals surface area contributed by atoms with Crippen LogP contribution in [0.15, 0.2) is 24.3 Å². The molecule has 6 nitrogen and oxygen atoms in total. The highest BCUT2D eigenvalue weighted by Gasteiger charge is 2.00. The van der Waals surface area contributed by atoms with Gasteiger partial charge in [-0.25, -0.2) is 0 Å². The van der Waals surface area contributed by atoms with Crippen molar-refractivity contribution in [3.63, 3.8) is 0 Å². The van der Waals surface area contributed by atoms with Gasteiger partial charge in [-0.2, -0.15) is 0 Å². The summed E-state index contributed by atoms with van der Waals surface area (Å²) in [4.78, 5) is 20.9. The lowest BCUT2D eigenvalue weighted by Crippen LogP contribution is -2.00. The lowest BCUT2D eigenvalue weighted by molar-refractivity contribution is -0.138. The molecule has 1 rings (SSSR count). The zero-order valence-corrected chi connectivity index (χ0v) is 16.7. The molecule has 0 spiro atoms. The second kappa shape index (κ2) is 15.8. The quantitative estimate of drug-likeness (QED) is 0.328. The van der Waals surface area contributed by atoms with E-state index in [9.17, 15) is 9.59 Å². The minimum Gasteiger partial charge on any atom is -0.493 e. The third kappa shape index (κ3) is 13.9. The maximum absolute atomic E-state index is 10.4. The molecule has 0 aliphatic carbocycles. The molecule has 0 bridgehead atoms. The molecule has 0 radical (unpaired) electrons. The van der Waals surface area contributed by atoms with Crippen LogP contribution in [0.4, 0.5) is 0 Å². The van der Waals surface area contributed by atoms with Gasteiger partial charge in [0.25, 0.3) is 0 Å². The molecule has 0 heterocycles. The van der Waals surface area contributed by atoms with E-state index in [4.69, 9.17) is 19.7 Å². The van der Waals surface area contributed by atoms with Crippen molar-refractivity contribution in [2.75, 3.05) is 13.2 Å². The van der Waals surface area contributed by atoms with Crippen LogP contribution in [0.5, 0.6) is 11.5 Å². The first kappa shape index (κ1) is 23.8. The number of unbranched alkanes of at least 4 members (excludes halogenated alkanes) is 8. The van der Waals surface area contributed by atoms with Gasteiger partial charge in [0.05, 0.1) is 13.2 Å². The van der Waals surface area contributed by atoms with E-state index in [0.717, 1.165) is 75.7 Å². The van der Waals surface area contributed by atoms with Crippen molar-refractivity contribution < 1.29 is 29.3 Å². The van der Waals surface area contributed by atoms with E-state index in [1.54, 1.807) is 0 Å². The zero-order chi connectivity index (χ0) is 20.5. The first-order valence-corrected chi connectivity index (χ1v) is 10.4. The van der Waals surface area contributed by atoms with Crippen molar-refractivity contribution in [3.8, 4) is 11.5 Å². The van der Waals surface area contributed by atoms with E-state index < -0.39 is 11.9 Å². The summed E-state index contributed by atoms with van der Waals surface area (Å²) in [5, 5.41) is 17.2. The summed E-state index contributed by atoms with van der Waals surface area (Å²) >= 11 is 0. The third-order valence-electron chi connectivity index (χ3n) is 4.41. The van der Waals surface area contributed by atoms with Crippen LogP contribution in [0, 0.1) is 0 Å². The number of rotatable bonds is 18. The van der Waals surface area contributed by atoms with Gasteiger partial charge >= 0.3 is 11.9 Å². The Morgan fingerprint density at radius 3 is 1.46 bits per heavy atom. The van der Waals surface area contributed by atoms with Crippen LogP contribution in [0.3, 0.4) is 0 Å². The Labute approximate surface area is 167 Å². The Morgan fingerprint density at radius 2 is 1.04 bits per heavy atom. The highest BCUT2D eigenvalue weighted by atomic mass is 16.5. The molecule has 1 aromatic carbocycles. The first-order chi connectivity index (χ1) is 13.6. The van der Waals surface area contributed by atoms with E-state index >= 15 is 0 Å². The van der Waals surface area contributed by atoms with Crippen molar-refractivity contribution >= 4 is 11.9 Å². The summed E-state index contributed by atoms with van der Waals surface area (Å²) in [6.07, 6.45) is 10.00. The van der Waals surface area contributed by atoms with Gasteiger partial charge < -0.3 is 19.7 Å². The molecule has 0 unspecified atom stereocenters. The van der Waals surface area contributed by atoms with Gasteiger partial charge in [-0.15, -0.1) is 0 Å². The SMILES string of the molecule is O=C(O)CCCCCCCOc1cccc(OCCCCCCCC(=O)O)c1. The van der Waals surface area contributed by atoms with Gasteiger partial charge in [-0.05, 0) is 37.8 Å². The fraction of sp³-hybridized carbons (Fsp3) is 0.636. The van der Waals surface area contributed by atoms with Crippen LogP contribution >= 0.6 is 0 Å². The first-order valence-electron chi connectivity index (χ1n) is 10.4. The summed E-state index contributed by atoms with van der Waals surface area (Å²) < 4.78 is 11.5. The molecule has 1 aromatic rings. The van der Waals surface area contributed by atoms with Gasteiger partial charge in [-0.3, -0.25) is 9.59 Å². The molecule has 0 fully saturated rings. The normalized spacial score (nSPS) is 10.6. The number of hydrogen-bond donors (Lipinski definition) is 2. The summed E-state index contributed by atoms with van der Waals surface area (Å²) in [6.45, 7) is 1.30. The van der Waals surface area contributed by atoms with Gasteiger partial charge in [0.15, 0.2) is 0 Å². The number of carboxylic acids is 2. The molecule has 6 heteroatoms. The standard InChI is InChI=1S/C22H34O6/c23-21(24)14-7-3-1-5-9-16-27-19-12-11-13-20(18-19)28-17-10-6-2-4-8-15-22(25)26/h11-13,18H,1-10,14-17H2,(H,23,24)(H,25,26). The molecule has 0 aromatic heterocycles. The van der Waals surface area contributed by atoms with Crippen LogP contribution < -0.4 is 9.47 Å². The lowest BCUT2D eigenvalue weighted by atomic mass is 10.1. The average molecular weight is 395 g/mol. The molecule has 28 heavy (non-hydrogen) atoms. The molecule has 0 saturated carbocycles. The highest BCUT2D eigenvalue weighted by Crippen LogP contribution is 2.20. The summed E-state index contributed by atoms with van der Waals surface area (Å²) in [6, 6.07) is 7.66. The molecule has 0 aliphatic rings.